The van der Waals surface area contributed by atoms with Gasteiger partial charge in [-0.05, 0) is 0 Å². The summed E-state index contributed by atoms with van der Waals surface area (Å²) in [5.41, 5.74) is 0. The molecule has 0 saturated carbocycles. The Morgan fingerprint density at radius 3 is 2.75 bits per heavy atom. The normalized spacial score (nSPS) is 7.38. The molecule has 2 nitrogen and oxygen atoms in total. The van der Waals surface area contributed by atoms with Crippen LogP contribution in [0.3, 0.4) is 0 Å². The van der Waals surface area contributed by atoms with E-state index in [2.05, 4.69) is 5.92 Å². The average Bonchev–Trinajstić information content (AvgIpc) is 1.83. The van der Waals surface area contributed by atoms with Gasteiger partial charge in [0.2, 0.25) is 0 Å². The molecule has 0 aromatic rings. The third kappa shape index (κ3) is 3.10. The molecule has 0 spiro atoms. The van der Waals surface area contributed by atoms with E-state index in [4.69, 9.17) is 6.42 Å². The van der Waals surface area contributed by atoms with E-state index in [0.717, 1.165) is 0 Å². The Bertz CT molecular complexity index is 130. The van der Waals surface area contributed by atoms with Gasteiger partial charge in [0.15, 0.2) is 12.1 Å². The quantitative estimate of drug-likeness (QED) is 0.295. The van der Waals surface area contributed by atoms with Crippen LogP contribution in [-0.4, -0.2) is 12.1 Å². The molecule has 0 rings (SSSR count). The smallest absolute Gasteiger partial charge is 0.196 e. The minimum atomic E-state index is -0.428. The van der Waals surface area contributed by atoms with Gasteiger partial charge in [-0.15, -0.1) is 12.3 Å². The lowest BCUT2D eigenvalue weighted by Crippen LogP contribution is -1.96. The van der Waals surface area contributed by atoms with Crippen molar-refractivity contribution in [3.05, 3.63) is 0 Å². The summed E-state index contributed by atoms with van der Waals surface area (Å²) >= 11 is 0. The van der Waals surface area contributed by atoms with Gasteiger partial charge in [0.05, 0.1) is 0 Å². The number of rotatable bonds is 3. The predicted molar refractivity (Wildman–Crippen MR) is 29.1 cm³/mol. The molecule has 0 amide bonds. The zero-order valence-corrected chi connectivity index (χ0v) is 4.39. The molecule has 0 aliphatic carbocycles. The van der Waals surface area contributed by atoms with Crippen molar-refractivity contribution in [1.29, 1.82) is 0 Å². The third-order valence-corrected chi connectivity index (χ3v) is 0.647. The van der Waals surface area contributed by atoms with Crippen molar-refractivity contribution in [2.45, 2.75) is 12.8 Å². The highest BCUT2D eigenvalue weighted by Gasteiger charge is 1.93. The molecule has 0 aliphatic heterocycles. The number of carbonyl (C=O) groups excluding carboxylic acids is 2. The number of carbonyl (C=O) groups is 2. The maximum Gasteiger partial charge on any atom is 0.196 e. The Kier molecular flexibility index (Phi) is 3.51. The Morgan fingerprint density at radius 2 is 2.38 bits per heavy atom. The van der Waals surface area contributed by atoms with Crippen molar-refractivity contribution in [3.8, 4) is 12.3 Å². The van der Waals surface area contributed by atoms with E-state index in [1.165, 1.54) is 0 Å². The monoisotopic (exact) mass is 110 g/mol. The molecular weight excluding hydrogens is 104 g/mol. The fraction of sp³-hybridized carbons (Fsp3) is 0.333. The Morgan fingerprint density at radius 1 is 1.75 bits per heavy atom. The fourth-order valence-corrected chi connectivity index (χ4v) is 0.254. The van der Waals surface area contributed by atoms with E-state index in [9.17, 15) is 9.59 Å². The second-order valence-electron chi connectivity index (χ2n) is 1.29. The summed E-state index contributed by atoms with van der Waals surface area (Å²) in [6.45, 7) is 0. The molecule has 0 saturated heterocycles. The van der Waals surface area contributed by atoms with E-state index < -0.39 is 5.78 Å². The van der Waals surface area contributed by atoms with Gasteiger partial charge in [0, 0.05) is 12.8 Å². The maximum atomic E-state index is 10.1. The van der Waals surface area contributed by atoms with Gasteiger partial charge in [0.25, 0.3) is 0 Å². The molecule has 0 heterocycles. The summed E-state index contributed by atoms with van der Waals surface area (Å²) in [6, 6.07) is 0. The van der Waals surface area contributed by atoms with Crippen LogP contribution in [-0.2, 0) is 9.59 Å². The number of Topliss-reactive ketones (excluding diaryl/α,β-unsaturated/α-hetero) is 1. The highest BCUT2D eigenvalue weighted by Crippen LogP contribution is 1.83. The topological polar surface area (TPSA) is 34.1 Å². The number of aldehydes is 1. The molecule has 0 radical (unpaired) electrons. The lowest BCUT2D eigenvalue weighted by Gasteiger charge is -1.80. The first-order chi connectivity index (χ1) is 3.81. The Hall–Kier alpha value is -1.10. The molecule has 0 atom stereocenters. The molecule has 8 heavy (non-hydrogen) atoms. The van der Waals surface area contributed by atoms with Crippen molar-refractivity contribution in [2.75, 3.05) is 0 Å². The average molecular weight is 110 g/mol. The van der Waals surface area contributed by atoms with Gasteiger partial charge in [0.1, 0.15) is 0 Å². The summed E-state index contributed by atoms with van der Waals surface area (Å²) in [4.78, 5) is 19.7. The molecular formula is C6H6O2. The van der Waals surface area contributed by atoms with Crippen LogP contribution in [0.25, 0.3) is 0 Å². The second kappa shape index (κ2) is 4.07. The van der Waals surface area contributed by atoms with Crippen molar-refractivity contribution >= 4 is 12.1 Å². The van der Waals surface area contributed by atoms with E-state index in [1.54, 1.807) is 0 Å². The molecule has 2 heteroatoms. The zero-order valence-electron chi connectivity index (χ0n) is 4.39. The lowest BCUT2D eigenvalue weighted by molar-refractivity contribution is -0.129. The first-order valence-corrected chi connectivity index (χ1v) is 2.22. The van der Waals surface area contributed by atoms with Crippen LogP contribution >= 0.6 is 0 Å². The lowest BCUT2D eigenvalue weighted by atomic mass is 10.2. The molecule has 0 aromatic heterocycles. The molecule has 0 bridgehead atoms. The number of hydrogen-bond acceptors (Lipinski definition) is 2. The number of hydrogen-bond donors (Lipinski definition) is 0. The van der Waals surface area contributed by atoms with Crippen LogP contribution in [0.1, 0.15) is 12.8 Å². The molecule has 42 valence electrons. The van der Waals surface area contributed by atoms with Crippen LogP contribution in [0, 0.1) is 12.3 Å². The van der Waals surface area contributed by atoms with Gasteiger partial charge in [-0.1, -0.05) is 0 Å². The predicted octanol–water partition coefficient (Wildman–Crippen LogP) is 0.168. The molecule has 0 unspecified atom stereocenters. The van der Waals surface area contributed by atoms with E-state index >= 15 is 0 Å². The van der Waals surface area contributed by atoms with E-state index in [0.29, 0.717) is 6.42 Å². The summed E-state index contributed by atoms with van der Waals surface area (Å²) < 4.78 is 0. The van der Waals surface area contributed by atoms with Gasteiger partial charge in [-0.2, -0.15) is 0 Å². The van der Waals surface area contributed by atoms with Crippen LogP contribution < -0.4 is 0 Å². The Labute approximate surface area is 47.9 Å². The molecule has 0 fully saturated rings. The fourth-order valence-electron chi connectivity index (χ4n) is 0.254. The molecule has 0 aromatic carbocycles. The first kappa shape index (κ1) is 6.90. The zero-order chi connectivity index (χ0) is 6.41. The molecule has 0 aliphatic rings. The van der Waals surface area contributed by atoms with Crippen LogP contribution in [0.2, 0.25) is 0 Å². The number of ketones is 1. The van der Waals surface area contributed by atoms with Gasteiger partial charge in [-0.3, -0.25) is 9.59 Å². The minimum absolute atomic E-state index is 0.181. The third-order valence-electron chi connectivity index (χ3n) is 0.647. The van der Waals surface area contributed by atoms with Gasteiger partial charge in [-0.25, -0.2) is 0 Å². The van der Waals surface area contributed by atoms with Crippen molar-refractivity contribution in [3.63, 3.8) is 0 Å². The van der Waals surface area contributed by atoms with Crippen LogP contribution in [0.4, 0.5) is 0 Å². The van der Waals surface area contributed by atoms with Crippen molar-refractivity contribution in [1.82, 2.24) is 0 Å². The first-order valence-electron chi connectivity index (χ1n) is 2.22. The van der Waals surface area contributed by atoms with Crippen molar-refractivity contribution < 1.29 is 9.59 Å². The largest absolute Gasteiger partial charge is 0.295 e. The van der Waals surface area contributed by atoms with Crippen LogP contribution in [0.5, 0.6) is 0 Å². The highest BCUT2D eigenvalue weighted by atomic mass is 16.2. The van der Waals surface area contributed by atoms with E-state index in [-0.39, 0.29) is 12.7 Å². The van der Waals surface area contributed by atoms with E-state index in [1.807, 2.05) is 0 Å². The minimum Gasteiger partial charge on any atom is -0.295 e. The van der Waals surface area contributed by atoms with Gasteiger partial charge >= 0.3 is 0 Å². The number of terminal acetylenes is 1. The summed E-state index contributed by atoms with van der Waals surface area (Å²) in [7, 11) is 0. The standard InChI is InChI=1S/C6H6O2/c1-2-3-4-6(8)5-7/h1,5H,3-4H2. The Balaban J connectivity index is 3.28. The summed E-state index contributed by atoms with van der Waals surface area (Å²) in [5.74, 6) is 1.83. The summed E-state index contributed by atoms with van der Waals surface area (Å²) in [5, 5.41) is 0. The SMILES string of the molecule is C#CCCC(=O)C=O. The van der Waals surface area contributed by atoms with Crippen molar-refractivity contribution in [2.24, 2.45) is 0 Å². The summed E-state index contributed by atoms with van der Waals surface area (Å²) in [6.07, 6.45) is 5.64. The molecule has 0 N–H and O–H groups in total. The maximum absolute atomic E-state index is 10.1. The highest BCUT2D eigenvalue weighted by molar-refractivity contribution is 6.24. The van der Waals surface area contributed by atoms with Gasteiger partial charge < -0.3 is 0 Å². The second-order valence-corrected chi connectivity index (χ2v) is 1.29. The van der Waals surface area contributed by atoms with Crippen LogP contribution in [0.15, 0.2) is 0 Å².